The monoisotopic (exact) mass is 309 g/mol. The number of halogens is 5. The first kappa shape index (κ1) is 15.4. The zero-order chi connectivity index (χ0) is 14.8. The summed E-state index contributed by atoms with van der Waals surface area (Å²) in [7, 11) is 0. The van der Waals surface area contributed by atoms with Crippen LogP contribution in [0.2, 0.25) is 0 Å². The highest BCUT2D eigenvalue weighted by Gasteiger charge is 2.32. The number of alkyl halides is 4. The first-order valence-electron chi connectivity index (χ1n) is 6.63. The molecule has 0 amide bonds. The summed E-state index contributed by atoms with van der Waals surface area (Å²) in [6.07, 6.45) is -0.953. The minimum Gasteiger partial charge on any atom is -0.366 e. The first-order chi connectivity index (χ1) is 9.43. The van der Waals surface area contributed by atoms with Crippen molar-refractivity contribution >= 4 is 17.3 Å². The molecule has 20 heavy (non-hydrogen) atoms. The van der Waals surface area contributed by atoms with Crippen molar-refractivity contribution in [2.75, 3.05) is 17.3 Å². The Morgan fingerprint density at radius 1 is 1.25 bits per heavy atom. The average Bonchev–Trinajstić information content (AvgIpc) is 2.39. The van der Waals surface area contributed by atoms with Gasteiger partial charge in [-0.2, -0.15) is 13.2 Å². The van der Waals surface area contributed by atoms with Crippen LogP contribution in [0.5, 0.6) is 0 Å². The molecule has 1 fully saturated rings. The summed E-state index contributed by atoms with van der Waals surface area (Å²) < 4.78 is 51.6. The molecule has 1 heterocycles. The Morgan fingerprint density at radius 3 is 2.60 bits per heavy atom. The van der Waals surface area contributed by atoms with Gasteiger partial charge in [0.1, 0.15) is 5.82 Å². The highest BCUT2D eigenvalue weighted by molar-refractivity contribution is 6.17. The van der Waals surface area contributed by atoms with E-state index in [2.05, 4.69) is 0 Å². The molecular weight excluding hydrogens is 294 g/mol. The summed E-state index contributed by atoms with van der Waals surface area (Å²) >= 11 is 5.74. The summed E-state index contributed by atoms with van der Waals surface area (Å²) in [5.41, 5.74) is -0.711. The van der Waals surface area contributed by atoms with Gasteiger partial charge in [0.15, 0.2) is 0 Å². The van der Waals surface area contributed by atoms with E-state index >= 15 is 0 Å². The van der Waals surface area contributed by atoms with Gasteiger partial charge >= 0.3 is 6.18 Å². The van der Waals surface area contributed by atoms with Crippen LogP contribution in [0.4, 0.5) is 23.2 Å². The van der Waals surface area contributed by atoms with Crippen LogP contribution >= 0.6 is 11.6 Å². The SMILES string of the molecule is Fc1cc(C(F)(F)F)ccc1N1CCCCC1CCCl. The maximum absolute atomic E-state index is 14.0. The van der Waals surface area contributed by atoms with Gasteiger partial charge < -0.3 is 4.90 Å². The third-order valence-corrected chi connectivity index (χ3v) is 3.87. The smallest absolute Gasteiger partial charge is 0.366 e. The quantitative estimate of drug-likeness (QED) is 0.571. The topological polar surface area (TPSA) is 3.24 Å². The van der Waals surface area contributed by atoms with Crippen molar-refractivity contribution in [3.63, 3.8) is 0 Å². The van der Waals surface area contributed by atoms with E-state index in [4.69, 9.17) is 11.6 Å². The molecule has 0 N–H and O–H groups in total. The van der Waals surface area contributed by atoms with Crippen LogP contribution in [0.25, 0.3) is 0 Å². The molecule has 1 nitrogen and oxygen atoms in total. The molecule has 0 bridgehead atoms. The minimum absolute atomic E-state index is 0.104. The van der Waals surface area contributed by atoms with E-state index in [1.165, 1.54) is 6.07 Å². The van der Waals surface area contributed by atoms with E-state index in [1.54, 1.807) is 0 Å². The molecule has 1 aliphatic rings. The summed E-state index contributed by atoms with van der Waals surface area (Å²) in [6, 6.07) is 2.84. The molecule has 0 aromatic heterocycles. The van der Waals surface area contributed by atoms with E-state index in [0.29, 0.717) is 24.9 Å². The van der Waals surface area contributed by atoms with Gasteiger partial charge in [-0.1, -0.05) is 0 Å². The van der Waals surface area contributed by atoms with Gasteiger partial charge in [0.25, 0.3) is 0 Å². The van der Waals surface area contributed by atoms with Crippen molar-refractivity contribution in [1.82, 2.24) is 0 Å². The molecule has 1 aromatic rings. The third-order valence-electron chi connectivity index (χ3n) is 3.65. The fourth-order valence-corrected chi connectivity index (χ4v) is 2.91. The summed E-state index contributed by atoms with van der Waals surface area (Å²) in [5.74, 6) is -0.357. The molecule has 112 valence electrons. The predicted octanol–water partition coefficient (Wildman–Crippen LogP) is 4.83. The Labute approximate surface area is 120 Å². The Morgan fingerprint density at radius 2 is 2.00 bits per heavy atom. The highest BCUT2D eigenvalue weighted by atomic mass is 35.5. The second kappa shape index (κ2) is 6.20. The van der Waals surface area contributed by atoms with Crippen molar-refractivity contribution < 1.29 is 17.6 Å². The van der Waals surface area contributed by atoms with Crippen molar-refractivity contribution in [1.29, 1.82) is 0 Å². The van der Waals surface area contributed by atoms with Crippen LogP contribution in [-0.2, 0) is 6.18 Å². The molecule has 0 aliphatic carbocycles. The van der Waals surface area contributed by atoms with E-state index in [0.717, 1.165) is 25.3 Å². The zero-order valence-corrected chi connectivity index (χ0v) is 11.6. The van der Waals surface area contributed by atoms with Crippen molar-refractivity contribution in [3.8, 4) is 0 Å². The van der Waals surface area contributed by atoms with E-state index in [1.807, 2.05) is 4.90 Å². The number of hydrogen-bond acceptors (Lipinski definition) is 1. The molecule has 1 unspecified atom stereocenters. The van der Waals surface area contributed by atoms with Gasteiger partial charge in [-0.15, -0.1) is 11.6 Å². The Balaban J connectivity index is 2.27. The van der Waals surface area contributed by atoms with Gasteiger partial charge in [0, 0.05) is 18.5 Å². The summed E-state index contributed by atoms with van der Waals surface area (Å²) in [5, 5.41) is 0. The largest absolute Gasteiger partial charge is 0.416 e. The van der Waals surface area contributed by atoms with Crippen LogP contribution in [0.1, 0.15) is 31.2 Å². The molecule has 1 saturated heterocycles. The fourth-order valence-electron chi connectivity index (χ4n) is 2.66. The lowest BCUT2D eigenvalue weighted by molar-refractivity contribution is -0.137. The molecule has 1 aromatic carbocycles. The van der Waals surface area contributed by atoms with Gasteiger partial charge in [-0.3, -0.25) is 0 Å². The Hall–Kier alpha value is -0.970. The Bertz CT molecular complexity index is 459. The molecule has 2 rings (SSSR count). The van der Waals surface area contributed by atoms with Crippen molar-refractivity contribution in [2.24, 2.45) is 0 Å². The molecule has 1 atom stereocenters. The lowest BCUT2D eigenvalue weighted by Crippen LogP contribution is -2.40. The number of hydrogen-bond donors (Lipinski definition) is 0. The lowest BCUT2D eigenvalue weighted by atomic mass is 9.98. The summed E-state index contributed by atoms with van der Waals surface area (Å²) in [6.45, 7) is 0.657. The van der Waals surface area contributed by atoms with Gasteiger partial charge in [-0.05, 0) is 43.9 Å². The standard InChI is InChI=1S/C14H16ClF4N/c15-7-6-11-3-1-2-8-20(11)13-5-4-10(9-12(13)16)14(17,18)19/h4-5,9,11H,1-3,6-8H2. The molecule has 0 spiro atoms. The van der Waals surface area contributed by atoms with Gasteiger partial charge in [0.2, 0.25) is 0 Å². The zero-order valence-electron chi connectivity index (χ0n) is 10.9. The van der Waals surface area contributed by atoms with Crippen LogP contribution in [-0.4, -0.2) is 18.5 Å². The molecule has 0 radical (unpaired) electrons. The normalized spacial score (nSPS) is 20.2. The lowest BCUT2D eigenvalue weighted by Gasteiger charge is -2.37. The second-order valence-electron chi connectivity index (χ2n) is 4.98. The van der Waals surface area contributed by atoms with Gasteiger partial charge in [0.05, 0.1) is 11.3 Å². The fraction of sp³-hybridized carbons (Fsp3) is 0.571. The average molecular weight is 310 g/mol. The van der Waals surface area contributed by atoms with Gasteiger partial charge in [-0.25, -0.2) is 4.39 Å². The molecule has 1 aliphatic heterocycles. The molecular formula is C14H16ClF4N. The minimum atomic E-state index is -4.52. The molecule has 0 saturated carbocycles. The third kappa shape index (κ3) is 3.37. The number of rotatable bonds is 3. The maximum atomic E-state index is 14.0. The summed E-state index contributed by atoms with van der Waals surface area (Å²) in [4.78, 5) is 1.85. The number of anilines is 1. The van der Waals surface area contributed by atoms with Crippen LogP contribution in [0.3, 0.4) is 0 Å². The predicted molar refractivity (Wildman–Crippen MR) is 71.7 cm³/mol. The van der Waals surface area contributed by atoms with Crippen LogP contribution < -0.4 is 4.90 Å². The highest BCUT2D eigenvalue weighted by Crippen LogP contribution is 2.34. The Kier molecular flexibility index (Phi) is 4.78. The van der Waals surface area contributed by atoms with Crippen LogP contribution in [0.15, 0.2) is 18.2 Å². The number of benzene rings is 1. The number of piperidine rings is 1. The second-order valence-corrected chi connectivity index (χ2v) is 5.36. The molecule has 6 heteroatoms. The maximum Gasteiger partial charge on any atom is 0.416 e. The van der Waals surface area contributed by atoms with E-state index in [9.17, 15) is 17.6 Å². The number of nitrogens with zero attached hydrogens (tertiary/aromatic N) is 1. The van der Waals surface area contributed by atoms with Crippen LogP contribution in [0, 0.1) is 5.82 Å². The van der Waals surface area contributed by atoms with Crippen molar-refractivity contribution in [2.45, 2.75) is 37.9 Å². The van der Waals surface area contributed by atoms with E-state index in [-0.39, 0.29) is 11.7 Å². The van der Waals surface area contributed by atoms with Crippen molar-refractivity contribution in [3.05, 3.63) is 29.6 Å². The van der Waals surface area contributed by atoms with E-state index < -0.39 is 17.6 Å². The first-order valence-corrected chi connectivity index (χ1v) is 7.16.